The standard InChI is InChI=1S/C21H21FN6O2/c1-11-15-6-12(9-27-20(15)25)19(17(8-23)26-2)16(24)10-28(3)21(29)14-5-4-13(22)7-18(14)30-11/h4-7,9,11H,10,24H2,1-3H3,(H2,25,27). The maximum atomic E-state index is 13.9. The molecule has 0 saturated heterocycles. The van der Waals surface area contributed by atoms with Gasteiger partial charge in [-0.1, -0.05) is 0 Å². The summed E-state index contributed by atoms with van der Waals surface area (Å²) in [6, 6.07) is 7.42. The molecule has 1 aromatic heterocycles. The molecule has 1 aromatic carbocycles. The predicted molar refractivity (Wildman–Crippen MR) is 111 cm³/mol. The Kier molecular flexibility index (Phi) is 5.69. The highest BCUT2D eigenvalue weighted by atomic mass is 19.1. The molecule has 0 spiro atoms. The Labute approximate surface area is 173 Å². The average molecular weight is 408 g/mol. The summed E-state index contributed by atoms with van der Waals surface area (Å²) in [6.45, 7) is 1.71. The smallest absolute Gasteiger partial charge is 0.257 e. The lowest BCUT2D eigenvalue weighted by Crippen LogP contribution is -2.32. The highest BCUT2D eigenvalue weighted by Crippen LogP contribution is 2.32. The van der Waals surface area contributed by atoms with Gasteiger partial charge in [0.25, 0.3) is 5.91 Å². The Bertz CT molecular complexity index is 1120. The van der Waals surface area contributed by atoms with Crippen LogP contribution in [0.4, 0.5) is 10.2 Å². The van der Waals surface area contributed by atoms with Gasteiger partial charge < -0.3 is 21.1 Å². The lowest BCUT2D eigenvalue weighted by molar-refractivity contribution is 0.0799. The number of nitrogens with zero attached hydrogens (tertiary/aromatic N) is 4. The van der Waals surface area contributed by atoms with Gasteiger partial charge in [-0.05, 0) is 25.1 Å². The van der Waals surface area contributed by atoms with Crippen molar-refractivity contribution in [1.29, 1.82) is 5.26 Å². The van der Waals surface area contributed by atoms with E-state index in [2.05, 4.69) is 9.98 Å². The molecule has 0 radical (unpaired) electrons. The molecule has 9 heteroatoms. The molecule has 30 heavy (non-hydrogen) atoms. The minimum Gasteiger partial charge on any atom is -0.485 e. The maximum Gasteiger partial charge on any atom is 0.257 e. The summed E-state index contributed by atoms with van der Waals surface area (Å²) in [4.78, 5) is 22.6. The first-order valence-corrected chi connectivity index (χ1v) is 9.10. The van der Waals surface area contributed by atoms with Gasteiger partial charge in [0.05, 0.1) is 12.1 Å². The van der Waals surface area contributed by atoms with Gasteiger partial charge in [0.1, 0.15) is 35.3 Å². The molecule has 4 N–H and O–H groups in total. The number of rotatable bonds is 1. The summed E-state index contributed by atoms with van der Waals surface area (Å²) < 4.78 is 19.8. The van der Waals surface area contributed by atoms with Crippen LogP contribution >= 0.6 is 0 Å². The van der Waals surface area contributed by atoms with Gasteiger partial charge in [-0.3, -0.25) is 9.79 Å². The molecule has 154 valence electrons. The van der Waals surface area contributed by atoms with Crippen molar-refractivity contribution in [2.45, 2.75) is 13.0 Å². The number of amides is 1. The Morgan fingerprint density at radius 1 is 1.40 bits per heavy atom. The van der Waals surface area contributed by atoms with Crippen LogP contribution in [-0.4, -0.2) is 42.1 Å². The molecule has 1 unspecified atom stereocenters. The zero-order valence-corrected chi connectivity index (χ0v) is 16.8. The number of benzene rings is 1. The summed E-state index contributed by atoms with van der Waals surface area (Å²) in [5.74, 6) is -0.667. The van der Waals surface area contributed by atoms with Crippen molar-refractivity contribution in [1.82, 2.24) is 9.88 Å². The number of likely N-dealkylation sites (N-methyl/N-ethyl adjacent to an activating group) is 1. The third kappa shape index (κ3) is 3.80. The summed E-state index contributed by atoms with van der Waals surface area (Å²) in [5, 5.41) is 9.54. The number of nitriles is 1. The summed E-state index contributed by atoms with van der Waals surface area (Å²) in [5.41, 5.74) is 14.3. The summed E-state index contributed by atoms with van der Waals surface area (Å²) in [6.07, 6.45) is 0.819. The van der Waals surface area contributed by atoms with E-state index in [0.29, 0.717) is 16.7 Å². The monoisotopic (exact) mass is 408 g/mol. The maximum absolute atomic E-state index is 13.9. The minimum atomic E-state index is -0.665. The van der Waals surface area contributed by atoms with Crippen molar-refractivity contribution in [2.75, 3.05) is 26.4 Å². The second kappa shape index (κ2) is 8.21. The van der Waals surface area contributed by atoms with Gasteiger partial charge in [-0.15, -0.1) is 0 Å². The number of nitrogens with two attached hydrogens (primary N) is 2. The third-order valence-electron chi connectivity index (χ3n) is 4.80. The van der Waals surface area contributed by atoms with Gasteiger partial charge in [-0.25, -0.2) is 9.37 Å². The predicted octanol–water partition coefficient (Wildman–Crippen LogP) is 2.29. The summed E-state index contributed by atoms with van der Waals surface area (Å²) in [7, 11) is 3.03. The molecule has 2 bridgehead atoms. The van der Waals surface area contributed by atoms with Crippen LogP contribution in [0.1, 0.15) is 34.5 Å². The third-order valence-corrected chi connectivity index (χ3v) is 4.80. The Morgan fingerprint density at radius 3 is 2.80 bits per heavy atom. The molecule has 2 aromatic rings. The van der Waals surface area contributed by atoms with Crippen LogP contribution in [-0.2, 0) is 0 Å². The van der Waals surface area contributed by atoms with Crippen molar-refractivity contribution >= 4 is 23.0 Å². The molecular formula is C21H21FN6O2. The number of hydrogen-bond donors (Lipinski definition) is 2. The van der Waals surface area contributed by atoms with Crippen LogP contribution in [0.5, 0.6) is 5.75 Å². The number of pyridine rings is 1. The van der Waals surface area contributed by atoms with Crippen molar-refractivity contribution in [3.8, 4) is 11.8 Å². The summed E-state index contributed by atoms with van der Waals surface area (Å²) >= 11 is 0. The molecule has 1 amide bonds. The quantitative estimate of drug-likeness (QED) is 0.696. The van der Waals surface area contributed by atoms with E-state index >= 15 is 0 Å². The number of anilines is 1. The molecule has 0 fully saturated rings. The topological polar surface area (TPSA) is 131 Å². The second-order valence-corrected chi connectivity index (χ2v) is 6.84. The number of hydrogen-bond acceptors (Lipinski definition) is 7. The minimum absolute atomic E-state index is 0.000939. The molecule has 0 saturated carbocycles. The van der Waals surface area contributed by atoms with Crippen LogP contribution in [0.2, 0.25) is 0 Å². The van der Waals surface area contributed by atoms with Crippen molar-refractivity contribution in [3.63, 3.8) is 0 Å². The Morgan fingerprint density at radius 2 is 2.13 bits per heavy atom. The van der Waals surface area contributed by atoms with Crippen molar-refractivity contribution < 1.29 is 13.9 Å². The molecule has 0 aliphatic carbocycles. The number of allylic oxidation sites excluding steroid dienone is 1. The SMILES string of the molecule is CN=C(C#N)C1=C(N)CN(C)C(=O)c2ccc(F)cc2OC(C)c2cc1cnc2N. The lowest BCUT2D eigenvalue weighted by atomic mass is 9.97. The fraction of sp³-hybridized carbons (Fsp3) is 0.238. The van der Waals surface area contributed by atoms with Crippen LogP contribution in [0.15, 0.2) is 41.2 Å². The van der Waals surface area contributed by atoms with Crippen LogP contribution in [0.25, 0.3) is 5.57 Å². The van der Waals surface area contributed by atoms with Crippen LogP contribution in [0.3, 0.4) is 0 Å². The number of carbonyl (C=O) groups excluding carboxylic acids is 1. The van der Waals surface area contributed by atoms with Crippen LogP contribution < -0.4 is 16.2 Å². The van der Waals surface area contributed by atoms with Gasteiger partial charge >= 0.3 is 0 Å². The van der Waals surface area contributed by atoms with Gasteiger partial charge in [0.2, 0.25) is 0 Å². The van der Waals surface area contributed by atoms with E-state index in [4.69, 9.17) is 16.2 Å². The zero-order chi connectivity index (χ0) is 22.0. The number of halogens is 1. The van der Waals surface area contributed by atoms with E-state index in [1.165, 1.54) is 30.3 Å². The number of aliphatic imine (C=N–C) groups is 1. The fourth-order valence-corrected chi connectivity index (χ4v) is 3.28. The van der Waals surface area contributed by atoms with Gasteiger partial charge in [-0.2, -0.15) is 5.26 Å². The van der Waals surface area contributed by atoms with Gasteiger partial charge in [0.15, 0.2) is 0 Å². The lowest BCUT2D eigenvalue weighted by Gasteiger charge is -2.24. The number of carbonyl (C=O) groups is 1. The average Bonchev–Trinajstić information content (AvgIpc) is 2.71. The van der Waals surface area contributed by atoms with E-state index in [-0.39, 0.29) is 35.1 Å². The molecule has 1 atom stereocenters. The fourth-order valence-electron chi connectivity index (χ4n) is 3.28. The van der Waals surface area contributed by atoms with Crippen molar-refractivity contribution in [3.05, 3.63) is 58.7 Å². The molecule has 2 heterocycles. The van der Waals surface area contributed by atoms with Crippen LogP contribution in [0, 0.1) is 17.1 Å². The van der Waals surface area contributed by atoms with E-state index in [0.717, 1.165) is 6.07 Å². The molecule has 3 rings (SSSR count). The molecule has 8 nitrogen and oxygen atoms in total. The number of fused-ring (bicyclic) bond motifs is 3. The van der Waals surface area contributed by atoms with E-state index in [1.54, 1.807) is 20.0 Å². The number of ether oxygens (including phenoxy) is 1. The largest absolute Gasteiger partial charge is 0.485 e. The first-order chi connectivity index (χ1) is 14.3. The first-order valence-electron chi connectivity index (χ1n) is 9.10. The van der Waals surface area contributed by atoms with Gasteiger partial charge in [0, 0.05) is 48.8 Å². The van der Waals surface area contributed by atoms with Crippen molar-refractivity contribution in [2.24, 2.45) is 10.7 Å². The molecular weight excluding hydrogens is 387 g/mol. The Hall–Kier alpha value is -3.93. The second-order valence-electron chi connectivity index (χ2n) is 6.84. The molecule has 1 aliphatic rings. The highest BCUT2D eigenvalue weighted by molar-refractivity contribution is 6.32. The van der Waals surface area contributed by atoms with E-state index in [1.807, 2.05) is 6.07 Å². The zero-order valence-electron chi connectivity index (χ0n) is 16.8. The van der Waals surface area contributed by atoms with E-state index < -0.39 is 17.8 Å². The highest BCUT2D eigenvalue weighted by Gasteiger charge is 2.25. The number of nitrogen functional groups attached to an aromatic ring is 1. The van der Waals surface area contributed by atoms with E-state index in [9.17, 15) is 14.4 Å². The normalized spacial score (nSPS) is 17.4. The Balaban J connectivity index is 2.29. The number of aromatic nitrogens is 1. The molecule has 1 aliphatic heterocycles. The first kappa shape index (κ1) is 20.8.